The van der Waals surface area contributed by atoms with Gasteiger partial charge in [0.1, 0.15) is 4.90 Å². The van der Waals surface area contributed by atoms with E-state index < -0.39 is 33.4 Å². The molecule has 154 valence electrons. The number of hydrogen-bond acceptors (Lipinski definition) is 7. The van der Waals surface area contributed by atoms with E-state index in [1.54, 1.807) is 0 Å². The number of nitrogens with zero attached hydrogens (tertiary/aromatic N) is 2. The second-order valence-electron chi connectivity index (χ2n) is 5.86. The summed E-state index contributed by atoms with van der Waals surface area (Å²) in [6.45, 7) is -0.681. The van der Waals surface area contributed by atoms with Gasteiger partial charge in [0.2, 0.25) is 10.0 Å². The van der Waals surface area contributed by atoms with E-state index in [9.17, 15) is 28.1 Å². The first-order chi connectivity index (χ1) is 13.5. The van der Waals surface area contributed by atoms with Crippen LogP contribution in [0.15, 0.2) is 47.4 Å². The van der Waals surface area contributed by atoms with Crippen LogP contribution in [0.25, 0.3) is 0 Å². The van der Waals surface area contributed by atoms with Crippen molar-refractivity contribution in [3.8, 4) is 0 Å². The summed E-state index contributed by atoms with van der Waals surface area (Å²) in [6.07, 6.45) is 0. The lowest BCUT2D eigenvalue weighted by Gasteiger charge is -2.14. The van der Waals surface area contributed by atoms with Crippen LogP contribution >= 0.6 is 11.6 Å². The van der Waals surface area contributed by atoms with Crippen molar-refractivity contribution >= 4 is 44.9 Å². The minimum absolute atomic E-state index is 0.0196. The van der Waals surface area contributed by atoms with Crippen molar-refractivity contribution in [3.63, 3.8) is 0 Å². The second kappa shape index (κ2) is 8.99. The summed E-state index contributed by atoms with van der Waals surface area (Å²) in [5.41, 5.74) is -0.247. The topological polar surface area (TPSA) is 136 Å². The molecule has 0 bridgehead atoms. The van der Waals surface area contributed by atoms with Crippen LogP contribution in [-0.4, -0.2) is 50.2 Å². The molecule has 2 aromatic carbocycles. The number of halogens is 1. The quantitative estimate of drug-likeness (QED) is 0.395. The molecule has 2 aromatic rings. The number of anilines is 1. The van der Waals surface area contributed by atoms with Gasteiger partial charge in [0.05, 0.1) is 15.5 Å². The fraction of sp³-hybridized carbons (Fsp3) is 0.176. The van der Waals surface area contributed by atoms with Gasteiger partial charge >= 0.3 is 5.97 Å². The molecule has 0 spiro atoms. The highest BCUT2D eigenvalue weighted by atomic mass is 35.5. The molecule has 2 rings (SSSR count). The number of rotatable bonds is 7. The Morgan fingerprint density at radius 1 is 1.21 bits per heavy atom. The van der Waals surface area contributed by atoms with E-state index in [1.165, 1.54) is 50.5 Å². The Labute approximate surface area is 171 Å². The van der Waals surface area contributed by atoms with Gasteiger partial charge in [-0.3, -0.25) is 14.9 Å². The third kappa shape index (κ3) is 5.50. The van der Waals surface area contributed by atoms with Gasteiger partial charge in [-0.1, -0.05) is 17.7 Å². The van der Waals surface area contributed by atoms with Gasteiger partial charge in [0, 0.05) is 31.9 Å². The number of non-ortho nitro benzene ring substituents is 1. The Morgan fingerprint density at radius 2 is 1.90 bits per heavy atom. The maximum absolute atomic E-state index is 12.2. The van der Waals surface area contributed by atoms with Crippen LogP contribution in [0.5, 0.6) is 0 Å². The van der Waals surface area contributed by atoms with E-state index in [0.717, 1.165) is 10.4 Å². The first kappa shape index (κ1) is 22.3. The lowest BCUT2D eigenvalue weighted by Crippen LogP contribution is -2.23. The average molecular weight is 442 g/mol. The highest BCUT2D eigenvalue weighted by Gasteiger charge is 2.22. The highest BCUT2D eigenvalue weighted by molar-refractivity contribution is 7.89. The van der Waals surface area contributed by atoms with E-state index in [0.29, 0.717) is 0 Å². The van der Waals surface area contributed by atoms with E-state index in [-0.39, 0.29) is 26.9 Å². The Balaban J connectivity index is 2.06. The molecule has 0 saturated heterocycles. The van der Waals surface area contributed by atoms with Crippen molar-refractivity contribution in [1.29, 1.82) is 0 Å². The maximum atomic E-state index is 12.2. The summed E-state index contributed by atoms with van der Waals surface area (Å²) in [5, 5.41) is 13.1. The van der Waals surface area contributed by atoms with E-state index in [4.69, 9.17) is 16.3 Å². The molecule has 29 heavy (non-hydrogen) atoms. The minimum atomic E-state index is -3.83. The third-order valence-electron chi connectivity index (χ3n) is 3.60. The molecule has 0 atom stereocenters. The summed E-state index contributed by atoms with van der Waals surface area (Å²) in [6, 6.07) is 8.74. The minimum Gasteiger partial charge on any atom is -0.452 e. The molecule has 1 N–H and O–H groups in total. The van der Waals surface area contributed by atoms with Crippen LogP contribution in [0, 0.1) is 10.1 Å². The number of carbonyl (C=O) groups excluding carboxylic acids is 2. The smallest absolute Gasteiger partial charge is 0.338 e. The number of benzene rings is 2. The summed E-state index contributed by atoms with van der Waals surface area (Å²) in [4.78, 5) is 33.8. The first-order valence-electron chi connectivity index (χ1n) is 7.96. The molecule has 0 aliphatic heterocycles. The predicted molar refractivity (Wildman–Crippen MR) is 104 cm³/mol. The number of amides is 1. The largest absolute Gasteiger partial charge is 0.452 e. The molecule has 0 saturated carbocycles. The summed E-state index contributed by atoms with van der Waals surface area (Å²) >= 11 is 5.93. The van der Waals surface area contributed by atoms with E-state index >= 15 is 0 Å². The van der Waals surface area contributed by atoms with Crippen molar-refractivity contribution in [3.05, 3.63) is 63.2 Å². The van der Waals surface area contributed by atoms with E-state index in [2.05, 4.69) is 5.32 Å². The normalized spacial score (nSPS) is 11.2. The Bertz CT molecular complexity index is 1070. The van der Waals surface area contributed by atoms with Crippen LogP contribution in [0.1, 0.15) is 10.4 Å². The molecule has 0 heterocycles. The van der Waals surface area contributed by atoms with Crippen molar-refractivity contribution in [2.24, 2.45) is 0 Å². The van der Waals surface area contributed by atoms with Gasteiger partial charge in [-0.05, 0) is 24.3 Å². The standard InChI is InChI=1S/C17H16ClN3O7S/c1-20(2)29(26,27)15-9-12(6-7-14(15)18)19-16(22)10-28-17(23)11-4-3-5-13(8-11)21(24)25/h3-9H,10H2,1-2H3,(H,19,22). The van der Waals surface area contributed by atoms with Crippen molar-refractivity contribution in [2.75, 3.05) is 26.0 Å². The average Bonchev–Trinajstić information content (AvgIpc) is 2.67. The molecule has 12 heteroatoms. The number of ether oxygens (including phenoxy) is 1. The molecule has 0 radical (unpaired) electrons. The molecular formula is C17H16ClN3O7S. The fourth-order valence-electron chi connectivity index (χ4n) is 2.13. The fourth-order valence-corrected chi connectivity index (χ4v) is 3.53. The summed E-state index contributed by atoms with van der Waals surface area (Å²) in [7, 11) is -1.15. The number of esters is 1. The van der Waals surface area contributed by atoms with E-state index in [1.807, 2.05) is 0 Å². The molecule has 0 aliphatic rings. The lowest BCUT2D eigenvalue weighted by atomic mass is 10.2. The molecule has 0 aromatic heterocycles. The molecule has 0 fully saturated rings. The van der Waals surface area contributed by atoms with Gasteiger partial charge in [-0.2, -0.15) is 0 Å². The summed E-state index contributed by atoms with van der Waals surface area (Å²) < 4.78 is 30.3. The zero-order valence-electron chi connectivity index (χ0n) is 15.3. The van der Waals surface area contributed by atoms with Gasteiger partial charge < -0.3 is 10.1 Å². The molecule has 0 unspecified atom stereocenters. The number of hydrogen-bond donors (Lipinski definition) is 1. The molecular weight excluding hydrogens is 426 g/mol. The monoisotopic (exact) mass is 441 g/mol. The zero-order chi connectivity index (χ0) is 21.8. The second-order valence-corrected chi connectivity index (χ2v) is 8.39. The first-order valence-corrected chi connectivity index (χ1v) is 9.77. The van der Waals surface area contributed by atoms with Gasteiger partial charge in [-0.15, -0.1) is 0 Å². The molecule has 10 nitrogen and oxygen atoms in total. The molecule has 0 aliphatic carbocycles. The molecule has 1 amide bonds. The number of carbonyl (C=O) groups is 2. The van der Waals surface area contributed by atoms with Gasteiger partial charge in [0.25, 0.3) is 11.6 Å². The van der Waals surface area contributed by atoms with Gasteiger partial charge in [0.15, 0.2) is 6.61 Å². The van der Waals surface area contributed by atoms with Crippen molar-refractivity contribution in [1.82, 2.24) is 4.31 Å². The van der Waals surface area contributed by atoms with Gasteiger partial charge in [-0.25, -0.2) is 17.5 Å². The third-order valence-corrected chi connectivity index (χ3v) is 5.90. The Morgan fingerprint density at radius 3 is 2.52 bits per heavy atom. The van der Waals surface area contributed by atoms with Crippen LogP contribution < -0.4 is 5.32 Å². The number of nitrogens with one attached hydrogen (secondary N) is 1. The number of nitro benzene ring substituents is 1. The summed E-state index contributed by atoms with van der Waals surface area (Å²) in [5.74, 6) is -1.66. The number of nitro groups is 1. The highest BCUT2D eigenvalue weighted by Crippen LogP contribution is 2.26. The van der Waals surface area contributed by atoms with Crippen LogP contribution in [0.2, 0.25) is 5.02 Å². The predicted octanol–water partition coefficient (Wildman–Crippen LogP) is 2.29. The Hall–Kier alpha value is -3.02. The SMILES string of the molecule is CN(C)S(=O)(=O)c1cc(NC(=O)COC(=O)c2cccc([N+](=O)[O-])c2)ccc1Cl. The maximum Gasteiger partial charge on any atom is 0.338 e. The zero-order valence-corrected chi connectivity index (χ0v) is 16.9. The Kier molecular flexibility index (Phi) is 6.90. The van der Waals surface area contributed by atoms with Crippen LogP contribution in [0.3, 0.4) is 0 Å². The van der Waals surface area contributed by atoms with Crippen LogP contribution in [0.4, 0.5) is 11.4 Å². The van der Waals surface area contributed by atoms with Crippen molar-refractivity contribution in [2.45, 2.75) is 4.90 Å². The van der Waals surface area contributed by atoms with Crippen molar-refractivity contribution < 1.29 is 27.7 Å². The lowest BCUT2D eigenvalue weighted by molar-refractivity contribution is -0.384. The van der Waals surface area contributed by atoms with Crippen LogP contribution in [-0.2, 0) is 19.6 Å². The number of sulfonamides is 1.